The van der Waals surface area contributed by atoms with Gasteiger partial charge in [0.15, 0.2) is 5.96 Å². The molecule has 0 aliphatic carbocycles. The van der Waals surface area contributed by atoms with Crippen LogP contribution in [0.15, 0.2) is 29.3 Å². The number of nitrogens with zero attached hydrogens (tertiary/aromatic N) is 4. The Morgan fingerprint density at radius 2 is 1.72 bits per heavy atom. The molecule has 10 heteroatoms. The number of amides is 3. The van der Waals surface area contributed by atoms with Gasteiger partial charge in [0.1, 0.15) is 0 Å². The molecule has 0 bridgehead atoms. The molecule has 174 valence electrons. The van der Waals surface area contributed by atoms with Crippen molar-refractivity contribution in [1.82, 2.24) is 25.3 Å². The molecule has 0 unspecified atom stereocenters. The van der Waals surface area contributed by atoms with Crippen molar-refractivity contribution < 1.29 is 19.1 Å². The highest BCUT2D eigenvalue weighted by Gasteiger charge is 2.24. The molecular weight excluding hydrogens is 412 g/mol. The number of carbonyl (C=O) groups is 3. The third-order valence-corrected chi connectivity index (χ3v) is 5.38. The Morgan fingerprint density at radius 1 is 1.03 bits per heavy atom. The molecule has 3 rings (SSSR count). The predicted molar refractivity (Wildman–Crippen MR) is 120 cm³/mol. The summed E-state index contributed by atoms with van der Waals surface area (Å²) < 4.78 is 5.08. The molecule has 0 spiro atoms. The summed E-state index contributed by atoms with van der Waals surface area (Å²) in [5.41, 5.74) is 1.55. The molecule has 2 N–H and O–H groups in total. The second-order valence-electron chi connectivity index (χ2n) is 7.62. The zero-order chi connectivity index (χ0) is 22.9. The smallest absolute Gasteiger partial charge is 0.409 e. The minimum atomic E-state index is -0.270. The van der Waals surface area contributed by atoms with Gasteiger partial charge in [0.25, 0.3) is 5.91 Å². The summed E-state index contributed by atoms with van der Waals surface area (Å²) in [5, 5.41) is 6.03. The van der Waals surface area contributed by atoms with Crippen molar-refractivity contribution in [1.29, 1.82) is 0 Å². The van der Waals surface area contributed by atoms with Crippen LogP contribution in [0.3, 0.4) is 0 Å². The maximum Gasteiger partial charge on any atom is 0.409 e. The Labute approximate surface area is 188 Å². The van der Waals surface area contributed by atoms with E-state index in [-0.39, 0.29) is 24.5 Å². The van der Waals surface area contributed by atoms with Crippen molar-refractivity contribution in [2.75, 3.05) is 59.0 Å². The number of nitrogens with one attached hydrogen (secondary N) is 2. The molecular formula is C22H32N6O4. The quantitative estimate of drug-likeness (QED) is 0.506. The average Bonchev–Trinajstić information content (AvgIpc) is 2.82. The van der Waals surface area contributed by atoms with Gasteiger partial charge in [-0.1, -0.05) is 12.1 Å². The first-order chi connectivity index (χ1) is 15.5. The third-order valence-electron chi connectivity index (χ3n) is 5.38. The molecule has 32 heavy (non-hydrogen) atoms. The van der Waals surface area contributed by atoms with E-state index < -0.39 is 0 Å². The van der Waals surface area contributed by atoms with Gasteiger partial charge in [0.05, 0.1) is 19.7 Å². The van der Waals surface area contributed by atoms with Crippen molar-refractivity contribution in [2.24, 2.45) is 4.99 Å². The van der Waals surface area contributed by atoms with Gasteiger partial charge in [-0.15, -0.1) is 0 Å². The average molecular weight is 445 g/mol. The van der Waals surface area contributed by atoms with Crippen molar-refractivity contribution in [3.8, 4) is 0 Å². The minimum Gasteiger partial charge on any atom is -0.450 e. The first-order valence-corrected chi connectivity index (χ1v) is 11.1. The van der Waals surface area contributed by atoms with Crippen LogP contribution in [0.5, 0.6) is 0 Å². The van der Waals surface area contributed by atoms with Crippen LogP contribution < -0.4 is 10.6 Å². The number of benzene rings is 1. The summed E-state index contributed by atoms with van der Waals surface area (Å²) in [5.74, 6) is 0.535. The van der Waals surface area contributed by atoms with E-state index in [1.807, 2.05) is 19.1 Å². The maximum absolute atomic E-state index is 12.6. The van der Waals surface area contributed by atoms with Crippen LogP contribution in [-0.2, 0) is 16.1 Å². The molecule has 2 saturated heterocycles. The van der Waals surface area contributed by atoms with Gasteiger partial charge in [-0.2, -0.15) is 0 Å². The lowest BCUT2D eigenvalue weighted by molar-refractivity contribution is -0.123. The first-order valence-electron chi connectivity index (χ1n) is 11.1. The number of hydrogen-bond acceptors (Lipinski definition) is 5. The zero-order valence-corrected chi connectivity index (χ0v) is 18.8. The van der Waals surface area contributed by atoms with E-state index in [0.29, 0.717) is 58.0 Å². The lowest BCUT2D eigenvalue weighted by Crippen LogP contribution is -2.53. The summed E-state index contributed by atoms with van der Waals surface area (Å²) in [6.45, 7) is 9.07. The van der Waals surface area contributed by atoms with Crippen molar-refractivity contribution in [3.63, 3.8) is 0 Å². The summed E-state index contributed by atoms with van der Waals surface area (Å²) in [7, 11) is 0. The van der Waals surface area contributed by atoms with Gasteiger partial charge in [-0.25, -0.2) is 9.79 Å². The van der Waals surface area contributed by atoms with Gasteiger partial charge in [-0.3, -0.25) is 9.59 Å². The zero-order valence-electron chi connectivity index (χ0n) is 18.8. The fourth-order valence-corrected chi connectivity index (χ4v) is 3.65. The lowest BCUT2D eigenvalue weighted by atomic mass is 10.1. The van der Waals surface area contributed by atoms with Gasteiger partial charge >= 0.3 is 6.09 Å². The molecule has 3 amide bonds. The molecule has 2 fully saturated rings. The van der Waals surface area contributed by atoms with Gasteiger partial charge < -0.3 is 30.1 Å². The van der Waals surface area contributed by atoms with E-state index in [1.165, 1.54) is 0 Å². The van der Waals surface area contributed by atoms with E-state index >= 15 is 0 Å². The van der Waals surface area contributed by atoms with Crippen LogP contribution in [0.4, 0.5) is 4.79 Å². The Hall–Kier alpha value is -3.30. The Balaban J connectivity index is 1.57. The molecule has 10 nitrogen and oxygen atoms in total. The number of aliphatic imine (C=N–C) groups is 1. The maximum atomic E-state index is 12.6. The number of carbonyl (C=O) groups excluding carboxylic acids is 3. The van der Waals surface area contributed by atoms with Crippen molar-refractivity contribution in [2.45, 2.75) is 20.4 Å². The van der Waals surface area contributed by atoms with Crippen LogP contribution in [0, 0.1) is 0 Å². The van der Waals surface area contributed by atoms with E-state index in [9.17, 15) is 14.4 Å². The highest BCUT2D eigenvalue weighted by Crippen LogP contribution is 2.11. The summed E-state index contributed by atoms with van der Waals surface area (Å²) in [6.07, 6.45) is -0.270. The number of ether oxygens (including phenoxy) is 1. The van der Waals surface area contributed by atoms with E-state index in [4.69, 9.17) is 9.73 Å². The molecule has 1 aromatic rings. The molecule has 0 aromatic heterocycles. The topological polar surface area (TPSA) is 107 Å². The summed E-state index contributed by atoms with van der Waals surface area (Å²) in [6, 6.07) is 7.35. The Kier molecular flexibility index (Phi) is 8.29. The molecule has 1 aromatic carbocycles. The van der Waals surface area contributed by atoms with Gasteiger partial charge in [0, 0.05) is 51.4 Å². The molecule has 0 radical (unpaired) electrons. The van der Waals surface area contributed by atoms with Crippen molar-refractivity contribution >= 4 is 23.9 Å². The van der Waals surface area contributed by atoms with Crippen LogP contribution in [0.2, 0.25) is 0 Å². The molecule has 0 saturated carbocycles. The molecule has 2 heterocycles. The number of guanidine groups is 1. The second kappa shape index (κ2) is 11.4. The minimum absolute atomic E-state index is 0.0976. The predicted octanol–water partition coefficient (Wildman–Crippen LogP) is 0.498. The fourth-order valence-electron chi connectivity index (χ4n) is 3.65. The van der Waals surface area contributed by atoms with Crippen molar-refractivity contribution in [3.05, 3.63) is 35.4 Å². The van der Waals surface area contributed by atoms with Gasteiger partial charge in [-0.05, 0) is 31.5 Å². The van der Waals surface area contributed by atoms with Gasteiger partial charge in [0.2, 0.25) is 5.91 Å². The van der Waals surface area contributed by atoms with E-state index in [0.717, 1.165) is 18.1 Å². The number of piperazine rings is 2. The Bertz CT molecular complexity index is 833. The molecule has 2 aliphatic rings. The Morgan fingerprint density at radius 3 is 2.34 bits per heavy atom. The lowest BCUT2D eigenvalue weighted by Gasteiger charge is -2.35. The highest BCUT2D eigenvalue weighted by atomic mass is 16.6. The number of hydrogen-bond donors (Lipinski definition) is 2. The van der Waals surface area contributed by atoms with Crippen LogP contribution in [0.25, 0.3) is 0 Å². The monoisotopic (exact) mass is 444 g/mol. The number of rotatable bonds is 5. The second-order valence-corrected chi connectivity index (χ2v) is 7.62. The first kappa shape index (κ1) is 23.4. The SMILES string of the molecule is CCNC(=NCc1ccc(C(=O)N2CCNC(=O)C2)cc1)N1CCN(C(=O)OCC)CC1. The van der Waals surface area contributed by atoms with E-state index in [2.05, 4.69) is 15.5 Å². The highest BCUT2D eigenvalue weighted by molar-refractivity contribution is 5.97. The van der Waals surface area contributed by atoms with Crippen LogP contribution in [-0.4, -0.2) is 97.5 Å². The third kappa shape index (κ3) is 6.12. The van der Waals surface area contributed by atoms with Crippen LogP contribution >= 0.6 is 0 Å². The molecule has 2 aliphatic heterocycles. The normalized spacial score (nSPS) is 17.1. The fraction of sp³-hybridized carbons (Fsp3) is 0.545. The summed E-state index contributed by atoms with van der Waals surface area (Å²) >= 11 is 0. The summed E-state index contributed by atoms with van der Waals surface area (Å²) in [4.78, 5) is 46.2. The largest absolute Gasteiger partial charge is 0.450 e. The van der Waals surface area contributed by atoms with Crippen LogP contribution in [0.1, 0.15) is 29.8 Å². The molecule has 0 atom stereocenters. The van der Waals surface area contributed by atoms with E-state index in [1.54, 1.807) is 28.9 Å². The standard InChI is InChI=1S/C22H32N6O4/c1-3-23-21(26-11-13-27(14-12-26)22(31)32-4-2)25-15-17-5-7-18(8-6-17)20(30)28-10-9-24-19(29)16-28/h5-8H,3-4,9-16H2,1-2H3,(H,23,25)(H,24,29).